The zero-order valence-electron chi connectivity index (χ0n) is 19.2. The summed E-state index contributed by atoms with van der Waals surface area (Å²) < 4.78 is 28.1. The van der Waals surface area contributed by atoms with Gasteiger partial charge >= 0.3 is 0 Å². The third-order valence-corrected chi connectivity index (χ3v) is 9.20. The fourth-order valence-corrected chi connectivity index (χ4v) is 6.44. The predicted octanol–water partition coefficient (Wildman–Crippen LogP) is 5.37. The van der Waals surface area contributed by atoms with Crippen molar-refractivity contribution in [2.75, 3.05) is 23.3 Å². The normalized spacial score (nSPS) is 15.7. The Bertz CT molecular complexity index is 1310. The molecule has 0 unspecified atom stereocenters. The summed E-state index contributed by atoms with van der Waals surface area (Å²) in [5.74, 6) is 0.209. The molecule has 0 radical (unpaired) electrons. The van der Waals surface area contributed by atoms with Gasteiger partial charge in [0.25, 0.3) is 15.9 Å². The van der Waals surface area contributed by atoms with E-state index in [4.69, 9.17) is 23.2 Å². The Kier molecular flexibility index (Phi) is 7.97. The van der Waals surface area contributed by atoms with Crippen molar-refractivity contribution in [3.8, 4) is 0 Å². The van der Waals surface area contributed by atoms with E-state index in [0.717, 1.165) is 41.6 Å². The van der Waals surface area contributed by atoms with Gasteiger partial charge in [-0.2, -0.15) is 0 Å². The summed E-state index contributed by atoms with van der Waals surface area (Å²) in [6.45, 7) is 6.10. The van der Waals surface area contributed by atoms with Crippen molar-refractivity contribution in [2.24, 2.45) is 5.92 Å². The van der Waals surface area contributed by atoms with Gasteiger partial charge in [0, 0.05) is 29.8 Å². The Morgan fingerprint density at radius 1 is 1.11 bits per heavy atom. The van der Waals surface area contributed by atoms with Crippen LogP contribution in [0.1, 0.15) is 48.7 Å². The van der Waals surface area contributed by atoms with E-state index < -0.39 is 22.0 Å². The predicted molar refractivity (Wildman–Crippen MR) is 140 cm³/mol. The number of nitrogens with zero attached hydrogens (tertiary/aromatic N) is 3. The molecule has 1 aliphatic rings. The van der Waals surface area contributed by atoms with Crippen LogP contribution >= 0.6 is 34.5 Å². The van der Waals surface area contributed by atoms with Crippen molar-refractivity contribution < 1.29 is 13.2 Å². The third kappa shape index (κ3) is 6.31. The van der Waals surface area contributed by atoms with Gasteiger partial charge in [-0.15, -0.1) is 10.2 Å². The second kappa shape index (κ2) is 10.8. The molecule has 8 nitrogen and oxygen atoms in total. The summed E-state index contributed by atoms with van der Waals surface area (Å²) in [6.07, 6.45) is 2.35. The number of piperidine rings is 1. The molecule has 2 N–H and O–H groups in total. The number of amides is 1. The molecule has 1 atom stereocenters. The van der Waals surface area contributed by atoms with Crippen molar-refractivity contribution >= 4 is 61.3 Å². The van der Waals surface area contributed by atoms with Crippen molar-refractivity contribution in [1.82, 2.24) is 14.9 Å². The lowest BCUT2D eigenvalue weighted by Crippen LogP contribution is -2.32. The minimum atomic E-state index is -3.95. The molecule has 1 aliphatic heterocycles. The van der Waals surface area contributed by atoms with E-state index in [-0.39, 0.29) is 20.1 Å². The first-order valence-electron chi connectivity index (χ1n) is 11.1. The SMILES string of the molecule is CC1CCN(c2ccc([C@@H](C)NS(=O)(=O)c3nnc(NC(=O)c4ccc(Cl)cc4Cl)s3)cc2)CC1. The number of hydrogen-bond donors (Lipinski definition) is 2. The zero-order chi connectivity index (χ0) is 25.2. The number of sulfonamides is 1. The van der Waals surface area contributed by atoms with E-state index in [1.54, 1.807) is 6.92 Å². The topological polar surface area (TPSA) is 104 Å². The standard InChI is InChI=1S/C23H25Cl2N5O3S2/c1-14-9-11-30(12-10-14)18-6-3-16(4-7-18)15(2)29-35(32,33)23-28-27-22(34-23)26-21(31)19-8-5-17(24)13-20(19)25/h3-8,13-15,29H,9-12H2,1-2H3,(H,26,27,31)/t15-/m1/s1. The number of carbonyl (C=O) groups excluding carboxylic acids is 1. The Morgan fingerprint density at radius 3 is 2.46 bits per heavy atom. The van der Waals surface area contributed by atoms with E-state index in [1.807, 2.05) is 24.3 Å². The minimum Gasteiger partial charge on any atom is -0.372 e. The number of anilines is 2. The van der Waals surface area contributed by atoms with Crippen molar-refractivity contribution in [2.45, 2.75) is 37.1 Å². The van der Waals surface area contributed by atoms with Gasteiger partial charge < -0.3 is 4.90 Å². The molecule has 1 saturated heterocycles. The highest BCUT2D eigenvalue weighted by atomic mass is 35.5. The van der Waals surface area contributed by atoms with Gasteiger partial charge in [0.05, 0.1) is 10.6 Å². The van der Waals surface area contributed by atoms with Crippen LogP contribution in [-0.2, 0) is 10.0 Å². The average Bonchev–Trinajstić information content (AvgIpc) is 3.29. The van der Waals surface area contributed by atoms with E-state index >= 15 is 0 Å². The number of hydrogen-bond acceptors (Lipinski definition) is 7. The molecule has 0 aliphatic carbocycles. The summed E-state index contributed by atoms with van der Waals surface area (Å²) in [5.41, 5.74) is 2.16. The maximum absolute atomic E-state index is 12.9. The molecule has 1 amide bonds. The maximum atomic E-state index is 12.9. The highest BCUT2D eigenvalue weighted by Crippen LogP contribution is 2.27. The van der Waals surface area contributed by atoms with E-state index in [2.05, 4.69) is 32.1 Å². The lowest BCUT2D eigenvalue weighted by Gasteiger charge is -2.32. The van der Waals surface area contributed by atoms with Crippen LogP contribution in [0.25, 0.3) is 0 Å². The van der Waals surface area contributed by atoms with Gasteiger partial charge in [-0.3, -0.25) is 10.1 Å². The van der Waals surface area contributed by atoms with E-state index in [0.29, 0.717) is 5.02 Å². The van der Waals surface area contributed by atoms with Crippen LogP contribution in [0.4, 0.5) is 10.8 Å². The monoisotopic (exact) mass is 553 g/mol. The summed E-state index contributed by atoms with van der Waals surface area (Å²) >= 11 is 12.7. The molecule has 2 heterocycles. The Labute approximate surface area is 218 Å². The van der Waals surface area contributed by atoms with Gasteiger partial charge in [0.1, 0.15) is 0 Å². The first-order chi connectivity index (χ1) is 16.6. The molecule has 35 heavy (non-hydrogen) atoms. The Morgan fingerprint density at radius 2 is 1.80 bits per heavy atom. The van der Waals surface area contributed by atoms with E-state index in [9.17, 15) is 13.2 Å². The fraction of sp³-hybridized carbons (Fsp3) is 0.348. The molecule has 4 rings (SSSR count). The van der Waals surface area contributed by atoms with Crippen molar-refractivity contribution in [3.05, 3.63) is 63.6 Å². The first kappa shape index (κ1) is 25.8. The third-order valence-electron chi connectivity index (χ3n) is 5.91. The highest BCUT2D eigenvalue weighted by molar-refractivity contribution is 7.91. The number of rotatable bonds is 7. The first-order valence-corrected chi connectivity index (χ1v) is 14.1. The summed E-state index contributed by atoms with van der Waals surface area (Å²) in [4.78, 5) is 14.8. The van der Waals surface area contributed by atoms with Crippen LogP contribution in [0.15, 0.2) is 46.8 Å². The molecule has 186 valence electrons. The van der Waals surface area contributed by atoms with Gasteiger partial charge in [-0.1, -0.05) is 53.6 Å². The van der Waals surface area contributed by atoms with Crippen LogP contribution in [0.2, 0.25) is 10.0 Å². The van der Waals surface area contributed by atoms with Crippen LogP contribution < -0.4 is 14.9 Å². The maximum Gasteiger partial charge on any atom is 0.270 e. The summed E-state index contributed by atoms with van der Waals surface area (Å²) in [5, 5.41) is 10.6. The Balaban J connectivity index is 1.39. The fourth-order valence-electron chi connectivity index (χ4n) is 3.80. The molecule has 0 spiro atoms. The van der Waals surface area contributed by atoms with Crippen molar-refractivity contribution in [1.29, 1.82) is 0 Å². The minimum absolute atomic E-state index is 0.0363. The molecule has 1 fully saturated rings. The van der Waals surface area contributed by atoms with Gasteiger partial charge in [0.15, 0.2) is 0 Å². The number of carbonyl (C=O) groups is 1. The van der Waals surface area contributed by atoms with Gasteiger partial charge in [-0.25, -0.2) is 13.1 Å². The van der Waals surface area contributed by atoms with Crippen molar-refractivity contribution in [3.63, 3.8) is 0 Å². The number of halogens is 2. The van der Waals surface area contributed by atoms with Crippen LogP contribution in [0.3, 0.4) is 0 Å². The Hall–Kier alpha value is -2.24. The largest absolute Gasteiger partial charge is 0.372 e. The molecule has 0 saturated carbocycles. The molecule has 3 aromatic rings. The highest BCUT2D eigenvalue weighted by Gasteiger charge is 2.24. The molecule has 2 aromatic carbocycles. The molecular weight excluding hydrogens is 529 g/mol. The van der Waals surface area contributed by atoms with Gasteiger partial charge in [-0.05, 0) is 61.6 Å². The number of aromatic nitrogens is 2. The molecule has 1 aromatic heterocycles. The zero-order valence-corrected chi connectivity index (χ0v) is 22.3. The lowest BCUT2D eigenvalue weighted by atomic mass is 9.98. The second-order valence-corrected chi connectivity index (χ2v) is 12.3. The number of nitrogens with one attached hydrogen (secondary N) is 2. The van der Waals surface area contributed by atoms with Gasteiger partial charge in [0.2, 0.25) is 9.47 Å². The summed E-state index contributed by atoms with van der Waals surface area (Å²) in [7, 11) is -3.95. The van der Waals surface area contributed by atoms with Crippen LogP contribution in [0, 0.1) is 5.92 Å². The second-order valence-electron chi connectivity index (χ2n) is 8.56. The molecule has 12 heteroatoms. The molecule has 0 bridgehead atoms. The van der Waals surface area contributed by atoms with Crippen LogP contribution in [-0.4, -0.2) is 37.6 Å². The quantitative estimate of drug-likeness (QED) is 0.381. The van der Waals surface area contributed by atoms with E-state index in [1.165, 1.54) is 31.0 Å². The number of benzene rings is 2. The smallest absolute Gasteiger partial charge is 0.270 e. The lowest BCUT2D eigenvalue weighted by molar-refractivity contribution is 0.102. The van der Waals surface area contributed by atoms with Crippen LogP contribution in [0.5, 0.6) is 0 Å². The molecular formula is C23H25Cl2N5O3S2. The average molecular weight is 555 g/mol. The summed E-state index contributed by atoms with van der Waals surface area (Å²) in [6, 6.07) is 11.9.